The number of nitrogens with two attached hydrogens (primary N) is 1. The summed E-state index contributed by atoms with van der Waals surface area (Å²) in [5.41, 5.74) is 6.15. The van der Waals surface area contributed by atoms with E-state index in [-0.39, 0.29) is 4.90 Å². The van der Waals surface area contributed by atoms with Crippen molar-refractivity contribution >= 4 is 31.6 Å². The van der Waals surface area contributed by atoms with E-state index in [9.17, 15) is 8.42 Å². The molecule has 118 valence electrons. The summed E-state index contributed by atoms with van der Waals surface area (Å²) in [5, 5.41) is 0. The Morgan fingerprint density at radius 1 is 1.29 bits per heavy atom. The van der Waals surface area contributed by atoms with E-state index < -0.39 is 10.0 Å². The number of rotatable bonds is 5. The first-order chi connectivity index (χ1) is 9.88. The molecule has 0 atom stereocenters. The summed E-state index contributed by atoms with van der Waals surface area (Å²) in [6, 6.07) is 4.69. The van der Waals surface area contributed by atoms with E-state index in [4.69, 9.17) is 5.73 Å². The number of hydrogen-bond acceptors (Lipinski definition) is 5. The fourth-order valence-electron chi connectivity index (χ4n) is 2.22. The van der Waals surface area contributed by atoms with Gasteiger partial charge in [0.15, 0.2) is 0 Å². The summed E-state index contributed by atoms with van der Waals surface area (Å²) in [7, 11) is -1.41. The van der Waals surface area contributed by atoms with E-state index >= 15 is 0 Å². The van der Waals surface area contributed by atoms with Crippen LogP contribution in [-0.2, 0) is 10.0 Å². The molecule has 0 amide bonds. The fraction of sp³-hybridized carbons (Fsp3) is 0.538. The Kier molecular flexibility index (Phi) is 5.61. The van der Waals surface area contributed by atoms with Gasteiger partial charge in [-0.15, -0.1) is 0 Å². The Labute approximate surface area is 134 Å². The quantitative estimate of drug-likeness (QED) is 0.733. The van der Waals surface area contributed by atoms with E-state index in [1.165, 1.54) is 6.07 Å². The molecule has 1 heterocycles. The van der Waals surface area contributed by atoms with Crippen LogP contribution in [0.15, 0.2) is 27.6 Å². The highest BCUT2D eigenvalue weighted by Crippen LogP contribution is 2.23. The summed E-state index contributed by atoms with van der Waals surface area (Å²) < 4.78 is 27.6. The van der Waals surface area contributed by atoms with Gasteiger partial charge in [0, 0.05) is 49.4 Å². The molecule has 1 saturated heterocycles. The lowest BCUT2D eigenvalue weighted by Gasteiger charge is -2.32. The average Bonchev–Trinajstić information content (AvgIpc) is 2.40. The van der Waals surface area contributed by atoms with Gasteiger partial charge in [0.25, 0.3) is 0 Å². The van der Waals surface area contributed by atoms with Gasteiger partial charge in [-0.1, -0.05) is 0 Å². The van der Waals surface area contributed by atoms with Crippen LogP contribution in [0.2, 0.25) is 0 Å². The van der Waals surface area contributed by atoms with Gasteiger partial charge in [0.05, 0.1) is 4.90 Å². The van der Waals surface area contributed by atoms with Crippen molar-refractivity contribution in [1.82, 2.24) is 14.5 Å². The summed E-state index contributed by atoms with van der Waals surface area (Å²) in [6.45, 7) is 5.13. The number of hydrogen-bond donors (Lipinski definition) is 2. The van der Waals surface area contributed by atoms with Crippen LogP contribution in [0.25, 0.3) is 0 Å². The molecule has 1 aromatic carbocycles. The normalized spacial score (nSPS) is 18.0. The molecule has 0 aliphatic carbocycles. The van der Waals surface area contributed by atoms with E-state index in [1.807, 2.05) is 0 Å². The van der Waals surface area contributed by atoms with Crippen LogP contribution < -0.4 is 10.5 Å². The van der Waals surface area contributed by atoms with Crippen LogP contribution in [-0.4, -0.2) is 64.5 Å². The smallest absolute Gasteiger partial charge is 0.241 e. The Balaban J connectivity index is 1.89. The van der Waals surface area contributed by atoms with Crippen LogP contribution in [0.4, 0.5) is 5.69 Å². The summed E-state index contributed by atoms with van der Waals surface area (Å²) >= 11 is 3.24. The molecule has 3 N–H and O–H groups in total. The highest BCUT2D eigenvalue weighted by atomic mass is 79.9. The van der Waals surface area contributed by atoms with Crippen molar-refractivity contribution in [3.05, 3.63) is 22.7 Å². The topological polar surface area (TPSA) is 78.7 Å². The minimum Gasteiger partial charge on any atom is -0.399 e. The van der Waals surface area contributed by atoms with E-state index in [2.05, 4.69) is 37.5 Å². The molecule has 0 aromatic heterocycles. The maximum Gasteiger partial charge on any atom is 0.241 e. The van der Waals surface area contributed by atoms with Gasteiger partial charge in [-0.2, -0.15) is 0 Å². The Hall–Kier alpha value is -0.670. The first-order valence-electron chi connectivity index (χ1n) is 6.84. The van der Waals surface area contributed by atoms with Crippen molar-refractivity contribution in [3.8, 4) is 0 Å². The van der Waals surface area contributed by atoms with Crippen LogP contribution in [0.1, 0.15) is 0 Å². The largest absolute Gasteiger partial charge is 0.399 e. The van der Waals surface area contributed by atoms with Gasteiger partial charge in [0.1, 0.15) is 0 Å². The van der Waals surface area contributed by atoms with Crippen molar-refractivity contribution in [2.75, 3.05) is 52.0 Å². The second-order valence-electron chi connectivity index (χ2n) is 5.23. The third-order valence-electron chi connectivity index (χ3n) is 3.56. The molecule has 1 aliphatic heterocycles. The van der Waals surface area contributed by atoms with Gasteiger partial charge in [-0.3, -0.25) is 4.90 Å². The standard InChI is InChI=1S/C13H21BrN4O2S/c1-17-6-8-18(9-7-17)5-4-16-21(19,20)13-3-2-11(15)10-12(13)14/h2-3,10,16H,4-9,15H2,1H3. The van der Waals surface area contributed by atoms with Crippen LogP contribution in [0.3, 0.4) is 0 Å². The third kappa shape index (κ3) is 4.65. The van der Waals surface area contributed by atoms with Crippen molar-refractivity contribution in [2.45, 2.75) is 4.90 Å². The average molecular weight is 377 g/mol. The molecule has 0 radical (unpaired) electrons. The number of piperazine rings is 1. The zero-order valence-corrected chi connectivity index (χ0v) is 14.5. The Bertz CT molecular complexity index is 586. The molecule has 0 unspecified atom stereocenters. The number of halogens is 1. The van der Waals surface area contributed by atoms with Crippen molar-refractivity contribution in [1.29, 1.82) is 0 Å². The molecule has 0 saturated carbocycles. The number of sulfonamides is 1. The van der Waals surface area contributed by atoms with Gasteiger partial charge in [0.2, 0.25) is 10.0 Å². The van der Waals surface area contributed by atoms with E-state index in [1.54, 1.807) is 12.1 Å². The minimum atomic E-state index is -3.51. The minimum absolute atomic E-state index is 0.218. The second kappa shape index (κ2) is 7.06. The van der Waals surface area contributed by atoms with Crippen molar-refractivity contribution in [3.63, 3.8) is 0 Å². The fourth-order valence-corrected chi connectivity index (χ4v) is 4.34. The van der Waals surface area contributed by atoms with Crippen LogP contribution in [0.5, 0.6) is 0 Å². The monoisotopic (exact) mass is 376 g/mol. The number of benzene rings is 1. The number of nitrogens with one attached hydrogen (secondary N) is 1. The number of nitrogen functional groups attached to an aromatic ring is 1. The number of likely N-dealkylation sites (N-methyl/N-ethyl adjacent to an activating group) is 1. The third-order valence-corrected chi connectivity index (χ3v) is 6.00. The molecule has 21 heavy (non-hydrogen) atoms. The van der Waals surface area contributed by atoms with E-state index in [0.29, 0.717) is 16.7 Å². The molecular weight excluding hydrogens is 356 g/mol. The summed E-state index contributed by atoms with van der Waals surface area (Å²) in [6.07, 6.45) is 0. The summed E-state index contributed by atoms with van der Waals surface area (Å²) in [5.74, 6) is 0. The highest BCUT2D eigenvalue weighted by Gasteiger charge is 2.18. The first-order valence-corrected chi connectivity index (χ1v) is 9.12. The zero-order chi connectivity index (χ0) is 15.5. The molecule has 0 bridgehead atoms. The molecule has 1 aromatic rings. The van der Waals surface area contributed by atoms with Gasteiger partial charge in [-0.05, 0) is 41.2 Å². The predicted octanol–water partition coefficient (Wildman–Crippen LogP) is 0.557. The lowest BCUT2D eigenvalue weighted by atomic mass is 10.3. The molecule has 1 aliphatic rings. The molecule has 0 spiro atoms. The lowest BCUT2D eigenvalue weighted by molar-refractivity contribution is 0.156. The predicted molar refractivity (Wildman–Crippen MR) is 87.7 cm³/mol. The maximum atomic E-state index is 12.2. The molecule has 2 rings (SSSR count). The SMILES string of the molecule is CN1CCN(CCNS(=O)(=O)c2ccc(N)cc2Br)CC1. The maximum absolute atomic E-state index is 12.2. The lowest BCUT2D eigenvalue weighted by Crippen LogP contribution is -2.46. The Morgan fingerprint density at radius 2 is 1.95 bits per heavy atom. The van der Waals surface area contributed by atoms with Crippen LogP contribution in [0, 0.1) is 0 Å². The highest BCUT2D eigenvalue weighted by molar-refractivity contribution is 9.10. The van der Waals surface area contributed by atoms with Crippen LogP contribution >= 0.6 is 15.9 Å². The zero-order valence-electron chi connectivity index (χ0n) is 12.0. The molecule has 8 heteroatoms. The molecule has 1 fully saturated rings. The summed E-state index contributed by atoms with van der Waals surface area (Å²) in [4.78, 5) is 4.75. The first kappa shape index (κ1) is 16.7. The second-order valence-corrected chi connectivity index (χ2v) is 7.82. The van der Waals surface area contributed by atoms with Gasteiger partial charge < -0.3 is 10.6 Å². The Morgan fingerprint density at radius 3 is 2.57 bits per heavy atom. The van der Waals surface area contributed by atoms with E-state index in [0.717, 1.165) is 32.7 Å². The van der Waals surface area contributed by atoms with Gasteiger partial charge >= 0.3 is 0 Å². The van der Waals surface area contributed by atoms with Crippen molar-refractivity contribution < 1.29 is 8.42 Å². The molecule has 6 nitrogen and oxygen atoms in total. The van der Waals surface area contributed by atoms with Gasteiger partial charge in [-0.25, -0.2) is 13.1 Å². The number of anilines is 1. The van der Waals surface area contributed by atoms with Crippen molar-refractivity contribution in [2.24, 2.45) is 0 Å². The molecular formula is C13H21BrN4O2S. The number of nitrogens with zero attached hydrogens (tertiary/aromatic N) is 2.